The Morgan fingerprint density at radius 1 is 1.31 bits per heavy atom. The number of nitrogens with zero attached hydrogens (tertiary/aromatic N) is 5. The number of aromatic nitrogens is 4. The van der Waals surface area contributed by atoms with Gasteiger partial charge in [0.15, 0.2) is 5.82 Å². The van der Waals surface area contributed by atoms with Gasteiger partial charge in [-0.15, -0.1) is 11.3 Å². The largest absolute Gasteiger partial charge is 0.486 e. The third kappa shape index (κ3) is 5.39. The van der Waals surface area contributed by atoms with E-state index in [0.717, 1.165) is 22.0 Å². The summed E-state index contributed by atoms with van der Waals surface area (Å²) < 4.78 is 11.9. The lowest BCUT2D eigenvalue weighted by atomic mass is 10.3. The summed E-state index contributed by atoms with van der Waals surface area (Å²) in [5.41, 5.74) is 1.95. The fraction of sp³-hybridized carbons (Fsp3) is 0.240. The zero-order valence-electron chi connectivity index (χ0n) is 19.5. The van der Waals surface area contributed by atoms with Crippen molar-refractivity contribution in [2.24, 2.45) is 0 Å². The predicted octanol–water partition coefficient (Wildman–Crippen LogP) is 4.93. The number of benzene rings is 1. The van der Waals surface area contributed by atoms with Gasteiger partial charge in [-0.2, -0.15) is 0 Å². The average Bonchev–Trinajstić information content (AvgIpc) is 3.52. The van der Waals surface area contributed by atoms with Crippen LogP contribution in [-0.4, -0.2) is 49.9 Å². The number of nitrogens with one attached hydrogen (secondary N) is 1. The smallest absolute Gasteiger partial charge is 0.246 e. The van der Waals surface area contributed by atoms with Gasteiger partial charge >= 0.3 is 0 Å². The number of carbonyl (C=O) groups is 1. The van der Waals surface area contributed by atoms with Crippen LogP contribution in [0.5, 0.6) is 11.6 Å². The van der Waals surface area contributed by atoms with E-state index in [1.165, 1.54) is 12.4 Å². The molecule has 4 heterocycles. The number of anilines is 2. The summed E-state index contributed by atoms with van der Waals surface area (Å²) in [6.45, 7) is 7.03. The summed E-state index contributed by atoms with van der Waals surface area (Å²) in [7, 11) is 0. The molecule has 184 valence electrons. The molecule has 0 saturated carbocycles. The molecule has 5 rings (SSSR count). The monoisotopic (exact) mass is 522 g/mol. The Bertz CT molecular complexity index is 1430. The van der Waals surface area contributed by atoms with Gasteiger partial charge in [0, 0.05) is 30.9 Å². The number of rotatable bonds is 8. The molecule has 0 aliphatic carbocycles. The van der Waals surface area contributed by atoms with Gasteiger partial charge in [-0.05, 0) is 37.3 Å². The SMILES string of the molecule is C=CC(=O)N1CC[C@H](Oc2ccc3ncnc(Nc4ccc(OCc5cnc(C)s5)c(Cl)c4)c3n2)C1. The van der Waals surface area contributed by atoms with Gasteiger partial charge < -0.3 is 19.7 Å². The molecule has 3 aromatic heterocycles. The Kier molecular flexibility index (Phi) is 6.97. The fourth-order valence-electron chi connectivity index (χ4n) is 3.86. The number of amides is 1. The van der Waals surface area contributed by atoms with Gasteiger partial charge in [-0.25, -0.2) is 19.9 Å². The van der Waals surface area contributed by atoms with E-state index in [4.69, 9.17) is 21.1 Å². The Morgan fingerprint density at radius 2 is 2.19 bits per heavy atom. The highest BCUT2D eigenvalue weighted by Gasteiger charge is 2.26. The number of hydrogen-bond acceptors (Lipinski definition) is 9. The van der Waals surface area contributed by atoms with Crippen LogP contribution in [0, 0.1) is 6.92 Å². The second-order valence-electron chi connectivity index (χ2n) is 8.16. The third-order valence-corrected chi connectivity index (χ3v) is 6.79. The van der Waals surface area contributed by atoms with E-state index >= 15 is 0 Å². The van der Waals surface area contributed by atoms with E-state index in [0.29, 0.717) is 53.2 Å². The highest BCUT2D eigenvalue weighted by Crippen LogP contribution is 2.31. The second kappa shape index (κ2) is 10.5. The highest BCUT2D eigenvalue weighted by atomic mass is 35.5. The number of likely N-dealkylation sites (tertiary alicyclic amines) is 1. The van der Waals surface area contributed by atoms with E-state index in [2.05, 4.69) is 31.8 Å². The summed E-state index contributed by atoms with van der Waals surface area (Å²) >= 11 is 8.06. The normalized spacial score (nSPS) is 15.2. The molecule has 1 N–H and O–H groups in total. The first-order valence-corrected chi connectivity index (χ1v) is 12.5. The molecule has 1 atom stereocenters. The molecule has 0 unspecified atom stereocenters. The van der Waals surface area contributed by atoms with Crippen molar-refractivity contribution < 1.29 is 14.3 Å². The molecule has 0 spiro atoms. The van der Waals surface area contributed by atoms with Crippen LogP contribution < -0.4 is 14.8 Å². The molecule has 0 radical (unpaired) electrons. The van der Waals surface area contributed by atoms with Crippen molar-refractivity contribution in [2.45, 2.75) is 26.1 Å². The third-order valence-electron chi connectivity index (χ3n) is 5.61. The van der Waals surface area contributed by atoms with Gasteiger partial charge in [0.05, 0.1) is 27.0 Å². The Labute approximate surface area is 216 Å². The quantitative estimate of drug-likeness (QED) is 0.325. The minimum Gasteiger partial charge on any atom is -0.486 e. The molecule has 1 fully saturated rings. The highest BCUT2D eigenvalue weighted by molar-refractivity contribution is 7.11. The van der Waals surface area contributed by atoms with E-state index in [-0.39, 0.29) is 12.0 Å². The van der Waals surface area contributed by atoms with Crippen LogP contribution in [0.4, 0.5) is 11.5 Å². The molecule has 1 saturated heterocycles. The number of thiazole rings is 1. The van der Waals surface area contributed by atoms with Gasteiger partial charge in [-0.3, -0.25) is 4.79 Å². The van der Waals surface area contributed by atoms with Crippen molar-refractivity contribution in [1.82, 2.24) is 24.8 Å². The number of pyridine rings is 1. The molecule has 1 aromatic carbocycles. The molecule has 9 nitrogen and oxygen atoms in total. The van der Waals surface area contributed by atoms with E-state index in [1.807, 2.05) is 19.1 Å². The average molecular weight is 523 g/mol. The van der Waals surface area contributed by atoms with Crippen LogP contribution in [0.2, 0.25) is 5.02 Å². The zero-order valence-corrected chi connectivity index (χ0v) is 21.1. The van der Waals surface area contributed by atoms with Crippen LogP contribution in [0.25, 0.3) is 11.0 Å². The van der Waals surface area contributed by atoms with E-state index < -0.39 is 0 Å². The van der Waals surface area contributed by atoms with Crippen molar-refractivity contribution in [3.8, 4) is 11.6 Å². The summed E-state index contributed by atoms with van der Waals surface area (Å²) in [6.07, 6.45) is 5.18. The summed E-state index contributed by atoms with van der Waals surface area (Å²) in [4.78, 5) is 32.1. The standard InChI is InChI=1S/C25H23ClN6O3S/c1-3-23(33)32-9-8-17(12-32)35-22-7-5-20-24(31-22)25(29-14-28-20)30-16-4-6-21(19(26)10-16)34-13-18-11-27-15(2)36-18/h3-7,10-11,14,17H,1,8-9,12-13H2,2H3,(H,28,29,30)/t17-/m0/s1. The molecular weight excluding hydrogens is 500 g/mol. The fourth-order valence-corrected chi connectivity index (χ4v) is 4.80. The lowest BCUT2D eigenvalue weighted by molar-refractivity contribution is -0.125. The summed E-state index contributed by atoms with van der Waals surface area (Å²) in [6, 6.07) is 9.03. The minimum absolute atomic E-state index is 0.0961. The molecule has 1 aliphatic rings. The second-order valence-corrected chi connectivity index (χ2v) is 9.89. The summed E-state index contributed by atoms with van der Waals surface area (Å²) in [5, 5.41) is 4.72. The van der Waals surface area contributed by atoms with E-state index in [9.17, 15) is 4.79 Å². The Morgan fingerprint density at radius 3 is 2.97 bits per heavy atom. The maximum absolute atomic E-state index is 11.8. The molecular formula is C25H23ClN6O3S. The van der Waals surface area contributed by atoms with Crippen LogP contribution >= 0.6 is 22.9 Å². The van der Waals surface area contributed by atoms with E-state index in [1.54, 1.807) is 40.6 Å². The van der Waals surface area contributed by atoms with Crippen LogP contribution in [0.1, 0.15) is 16.3 Å². The zero-order chi connectivity index (χ0) is 25.1. The maximum atomic E-state index is 11.8. The molecule has 0 bridgehead atoms. The van der Waals surface area contributed by atoms with Crippen LogP contribution in [0.3, 0.4) is 0 Å². The number of carbonyl (C=O) groups excluding carboxylic acids is 1. The lowest BCUT2D eigenvalue weighted by Gasteiger charge is -2.15. The molecule has 11 heteroatoms. The Balaban J connectivity index is 1.30. The molecule has 36 heavy (non-hydrogen) atoms. The summed E-state index contributed by atoms with van der Waals surface area (Å²) in [5.74, 6) is 1.44. The van der Waals surface area contributed by atoms with Crippen molar-refractivity contribution in [3.05, 3.63) is 70.4 Å². The van der Waals surface area contributed by atoms with Crippen molar-refractivity contribution >= 4 is 51.4 Å². The van der Waals surface area contributed by atoms with Crippen LogP contribution in [-0.2, 0) is 11.4 Å². The van der Waals surface area contributed by atoms with Crippen LogP contribution in [0.15, 0.2) is 55.5 Å². The van der Waals surface area contributed by atoms with Crippen molar-refractivity contribution in [2.75, 3.05) is 18.4 Å². The van der Waals surface area contributed by atoms with Gasteiger partial charge in [0.25, 0.3) is 0 Å². The Hall–Kier alpha value is -3.76. The van der Waals surface area contributed by atoms with Gasteiger partial charge in [-0.1, -0.05) is 18.2 Å². The topological polar surface area (TPSA) is 102 Å². The number of halogens is 1. The van der Waals surface area contributed by atoms with Gasteiger partial charge in [0.2, 0.25) is 11.8 Å². The maximum Gasteiger partial charge on any atom is 0.246 e. The number of ether oxygens (including phenoxy) is 2. The number of aryl methyl sites for hydroxylation is 1. The molecule has 1 aliphatic heterocycles. The van der Waals surface area contributed by atoms with Gasteiger partial charge in [0.1, 0.15) is 30.3 Å². The minimum atomic E-state index is -0.139. The van der Waals surface area contributed by atoms with Crippen molar-refractivity contribution in [1.29, 1.82) is 0 Å². The number of hydrogen-bond donors (Lipinski definition) is 1. The first-order chi connectivity index (χ1) is 17.5. The molecule has 4 aromatic rings. The lowest BCUT2D eigenvalue weighted by Crippen LogP contribution is -2.29. The first kappa shape index (κ1) is 24.0. The predicted molar refractivity (Wildman–Crippen MR) is 139 cm³/mol. The van der Waals surface area contributed by atoms with Crippen molar-refractivity contribution in [3.63, 3.8) is 0 Å². The number of fused-ring (bicyclic) bond motifs is 1. The molecule has 1 amide bonds. The first-order valence-electron chi connectivity index (χ1n) is 11.3.